The number of fused-ring (bicyclic) bond motifs is 1. The van der Waals surface area contributed by atoms with E-state index in [4.69, 9.17) is 10.7 Å². The highest BCUT2D eigenvalue weighted by Crippen LogP contribution is 2.29. The molecule has 0 aliphatic carbocycles. The fourth-order valence-electron chi connectivity index (χ4n) is 4.23. The molecular weight excluding hydrogens is 468 g/mol. The van der Waals surface area contributed by atoms with Gasteiger partial charge in [0, 0.05) is 24.0 Å². The number of imidazole rings is 1. The molecule has 0 aliphatic rings. The van der Waals surface area contributed by atoms with Crippen LogP contribution in [0.3, 0.4) is 0 Å². The Balaban J connectivity index is 1.63. The first-order valence-electron chi connectivity index (χ1n) is 12.6. The Kier molecular flexibility index (Phi) is 8.48. The lowest BCUT2D eigenvalue weighted by Crippen LogP contribution is -2.43. The summed E-state index contributed by atoms with van der Waals surface area (Å²) in [5.41, 5.74) is 10.2. The van der Waals surface area contributed by atoms with Crippen LogP contribution in [-0.4, -0.2) is 44.9 Å². The Morgan fingerprint density at radius 2 is 1.78 bits per heavy atom. The van der Waals surface area contributed by atoms with E-state index in [2.05, 4.69) is 17.2 Å². The molecule has 4 N–H and O–H groups in total. The van der Waals surface area contributed by atoms with Crippen LogP contribution >= 0.6 is 0 Å². The lowest BCUT2D eigenvalue weighted by molar-refractivity contribution is 0.199. The summed E-state index contributed by atoms with van der Waals surface area (Å²) >= 11 is 0. The maximum Gasteiger partial charge on any atom is 0.420 e. The van der Waals surface area contributed by atoms with Gasteiger partial charge in [0.2, 0.25) is 0 Å². The Morgan fingerprint density at radius 1 is 1.03 bits per heavy atom. The van der Waals surface area contributed by atoms with Gasteiger partial charge in [0.1, 0.15) is 11.3 Å². The number of nitrogens with zero attached hydrogens (tertiary/aromatic N) is 4. The largest absolute Gasteiger partial charge is 0.464 e. The third kappa shape index (κ3) is 5.95. The lowest BCUT2D eigenvalue weighted by Gasteiger charge is -2.18. The minimum Gasteiger partial charge on any atom is -0.464 e. The topological polar surface area (TPSA) is 126 Å². The van der Waals surface area contributed by atoms with E-state index in [0.717, 1.165) is 59.3 Å². The van der Waals surface area contributed by atoms with E-state index in [-0.39, 0.29) is 5.69 Å². The summed E-state index contributed by atoms with van der Waals surface area (Å²) in [4.78, 5) is 34.6. The molecule has 192 valence electrons. The average Bonchev–Trinajstić information content (AvgIpc) is 3.29. The van der Waals surface area contributed by atoms with Crippen LogP contribution in [0.15, 0.2) is 66.9 Å². The zero-order chi connectivity index (χ0) is 26.2. The number of aromatic nitrogens is 3. The summed E-state index contributed by atoms with van der Waals surface area (Å²) < 4.78 is 1.97. The number of imide groups is 1. The summed E-state index contributed by atoms with van der Waals surface area (Å²) in [5, 5.41) is 12.4. The molecule has 9 heteroatoms. The second-order valence-corrected chi connectivity index (χ2v) is 8.78. The number of amides is 3. The van der Waals surface area contributed by atoms with Crippen LogP contribution in [0.2, 0.25) is 0 Å². The normalized spacial score (nSPS) is 11.0. The highest BCUT2D eigenvalue weighted by Gasteiger charge is 2.23. The molecule has 0 aliphatic heterocycles. The average molecular weight is 501 g/mol. The Bertz CT molecular complexity index is 1350. The molecule has 0 bridgehead atoms. The molecule has 4 rings (SSSR count). The Hall–Kier alpha value is -4.24. The first kappa shape index (κ1) is 25.8. The number of benzene rings is 2. The van der Waals surface area contributed by atoms with Gasteiger partial charge in [0.25, 0.3) is 0 Å². The molecule has 0 spiro atoms. The minimum atomic E-state index is -1.34. The van der Waals surface area contributed by atoms with Crippen LogP contribution in [0.1, 0.15) is 38.2 Å². The van der Waals surface area contributed by atoms with Crippen molar-refractivity contribution in [3.05, 3.63) is 72.4 Å². The fraction of sp³-hybridized carbons (Fsp3) is 0.286. The van der Waals surface area contributed by atoms with Crippen molar-refractivity contribution >= 4 is 29.0 Å². The predicted molar refractivity (Wildman–Crippen MR) is 145 cm³/mol. The third-order valence-electron chi connectivity index (χ3n) is 6.13. The van der Waals surface area contributed by atoms with Crippen molar-refractivity contribution in [2.75, 3.05) is 18.0 Å². The molecule has 2 aromatic heterocycles. The molecule has 0 saturated carbocycles. The minimum absolute atomic E-state index is 0.259. The fourth-order valence-corrected chi connectivity index (χ4v) is 4.23. The van der Waals surface area contributed by atoms with Crippen LogP contribution in [0.4, 0.5) is 15.3 Å². The standard InChI is InChI=1S/C28H32N6O3/c1-2-3-4-5-18-31-27(35)34(28(36)37)23-14-10-21(11-15-23)25-32-24-7-6-19-30-26(24)33(25)22-12-8-20(9-13-22)16-17-29/h6-15,19H,2-5,16-18,29H2,1H3,(H,31,35)(H,36,37). The third-order valence-corrected chi connectivity index (χ3v) is 6.13. The quantitative estimate of drug-likeness (QED) is 0.252. The van der Waals surface area contributed by atoms with Crippen LogP contribution in [-0.2, 0) is 6.42 Å². The van der Waals surface area contributed by atoms with E-state index >= 15 is 0 Å². The van der Waals surface area contributed by atoms with Gasteiger partial charge in [-0.25, -0.2) is 19.6 Å². The number of nitrogens with one attached hydrogen (secondary N) is 1. The van der Waals surface area contributed by atoms with Crippen molar-refractivity contribution < 1.29 is 14.7 Å². The van der Waals surface area contributed by atoms with Gasteiger partial charge >= 0.3 is 12.1 Å². The number of nitrogens with two attached hydrogens (primary N) is 1. The molecule has 0 atom stereocenters. The summed E-state index contributed by atoms with van der Waals surface area (Å²) in [5.74, 6) is 0.661. The number of hydrogen-bond acceptors (Lipinski definition) is 5. The van der Waals surface area contributed by atoms with Gasteiger partial charge in [0.15, 0.2) is 5.65 Å². The van der Waals surface area contributed by atoms with Gasteiger partial charge in [-0.2, -0.15) is 4.90 Å². The predicted octanol–water partition coefficient (Wildman–Crippen LogP) is 5.36. The molecular formula is C28H32N6O3. The summed E-state index contributed by atoms with van der Waals surface area (Å²) in [6.07, 6.45) is 5.15. The van der Waals surface area contributed by atoms with Crippen molar-refractivity contribution in [2.24, 2.45) is 5.73 Å². The second kappa shape index (κ2) is 12.1. The van der Waals surface area contributed by atoms with Crippen LogP contribution in [0.5, 0.6) is 0 Å². The molecule has 3 amide bonds. The van der Waals surface area contributed by atoms with Gasteiger partial charge in [-0.3, -0.25) is 4.57 Å². The highest BCUT2D eigenvalue weighted by atomic mass is 16.4. The number of carbonyl (C=O) groups excluding carboxylic acids is 1. The van der Waals surface area contributed by atoms with Crippen molar-refractivity contribution in [3.63, 3.8) is 0 Å². The van der Waals surface area contributed by atoms with Gasteiger partial charge in [0.05, 0.1) is 5.69 Å². The molecule has 0 unspecified atom stereocenters. The molecule has 9 nitrogen and oxygen atoms in total. The molecule has 2 aromatic carbocycles. The molecule has 0 radical (unpaired) electrons. The van der Waals surface area contributed by atoms with Gasteiger partial charge in [-0.1, -0.05) is 38.3 Å². The number of carboxylic acid groups (broad SMARTS) is 1. The number of carbonyl (C=O) groups is 2. The van der Waals surface area contributed by atoms with Crippen molar-refractivity contribution in [2.45, 2.75) is 39.0 Å². The van der Waals surface area contributed by atoms with E-state index in [0.29, 0.717) is 24.6 Å². The number of urea groups is 1. The number of hydrogen-bond donors (Lipinski definition) is 3. The van der Waals surface area contributed by atoms with E-state index in [1.54, 1.807) is 30.5 Å². The number of anilines is 1. The maximum atomic E-state index is 12.6. The van der Waals surface area contributed by atoms with E-state index in [1.165, 1.54) is 0 Å². The van der Waals surface area contributed by atoms with Crippen LogP contribution in [0, 0.1) is 0 Å². The number of pyridine rings is 1. The Morgan fingerprint density at radius 3 is 2.46 bits per heavy atom. The van der Waals surface area contributed by atoms with Crippen LogP contribution in [0.25, 0.3) is 28.2 Å². The Labute approximate surface area is 216 Å². The zero-order valence-corrected chi connectivity index (χ0v) is 20.9. The summed E-state index contributed by atoms with van der Waals surface area (Å²) in [6.45, 7) is 3.12. The smallest absolute Gasteiger partial charge is 0.420 e. The molecule has 2 heterocycles. The van der Waals surface area contributed by atoms with E-state index in [9.17, 15) is 14.7 Å². The zero-order valence-electron chi connectivity index (χ0n) is 20.9. The van der Waals surface area contributed by atoms with Crippen molar-refractivity contribution in [1.29, 1.82) is 0 Å². The van der Waals surface area contributed by atoms with Gasteiger partial charge in [-0.15, -0.1) is 0 Å². The monoisotopic (exact) mass is 500 g/mol. The van der Waals surface area contributed by atoms with Gasteiger partial charge < -0.3 is 16.2 Å². The molecule has 37 heavy (non-hydrogen) atoms. The first-order chi connectivity index (χ1) is 18.0. The van der Waals surface area contributed by atoms with E-state index in [1.807, 2.05) is 41.0 Å². The maximum absolute atomic E-state index is 12.6. The SMILES string of the molecule is CCCCCCNC(=O)N(C(=O)O)c1ccc(-c2nc3cccnc3n2-c2ccc(CCN)cc2)cc1. The number of unbranched alkanes of at least 4 members (excludes halogenated alkanes) is 3. The van der Waals surface area contributed by atoms with Crippen molar-refractivity contribution in [1.82, 2.24) is 19.9 Å². The molecule has 0 fully saturated rings. The second-order valence-electron chi connectivity index (χ2n) is 8.78. The lowest BCUT2D eigenvalue weighted by atomic mass is 10.1. The van der Waals surface area contributed by atoms with Crippen LogP contribution < -0.4 is 16.0 Å². The summed E-state index contributed by atoms with van der Waals surface area (Å²) in [6, 6.07) is 17.9. The van der Waals surface area contributed by atoms with Gasteiger partial charge in [-0.05, 0) is 73.5 Å². The highest BCUT2D eigenvalue weighted by molar-refractivity contribution is 6.10. The van der Waals surface area contributed by atoms with Crippen molar-refractivity contribution in [3.8, 4) is 17.1 Å². The summed E-state index contributed by atoms with van der Waals surface area (Å²) in [7, 11) is 0. The molecule has 4 aromatic rings. The molecule has 0 saturated heterocycles. The van der Waals surface area contributed by atoms with E-state index < -0.39 is 12.1 Å². The number of rotatable bonds is 10. The first-order valence-corrected chi connectivity index (χ1v) is 12.6.